The van der Waals surface area contributed by atoms with Crippen LogP contribution in [0.5, 0.6) is 0 Å². The van der Waals surface area contributed by atoms with Crippen molar-refractivity contribution < 1.29 is 23.5 Å². The van der Waals surface area contributed by atoms with Crippen molar-refractivity contribution in [3.8, 4) is 11.1 Å². The fourth-order valence-corrected chi connectivity index (χ4v) is 5.01. The number of anilines is 1. The molecule has 0 radical (unpaired) electrons. The first-order valence-corrected chi connectivity index (χ1v) is 13.1. The molecule has 2 aromatic heterocycles. The number of aromatic carboxylic acids is 1. The lowest BCUT2D eigenvalue weighted by Crippen LogP contribution is -2.29. The van der Waals surface area contributed by atoms with Crippen LogP contribution < -0.4 is 5.32 Å². The van der Waals surface area contributed by atoms with Crippen LogP contribution in [-0.2, 0) is 13.1 Å². The third-order valence-electron chi connectivity index (χ3n) is 6.88. The van der Waals surface area contributed by atoms with Crippen molar-refractivity contribution in [1.29, 1.82) is 0 Å². The van der Waals surface area contributed by atoms with Crippen molar-refractivity contribution >= 4 is 28.6 Å². The number of likely N-dealkylation sites (tertiary alicyclic amines) is 1. The normalized spacial score (nSPS) is 14.1. The average Bonchev–Trinajstić information content (AvgIpc) is 3.31. The monoisotopic (exact) mass is 548 g/mol. The molecule has 208 valence electrons. The molecule has 1 saturated heterocycles. The Morgan fingerprint density at radius 3 is 2.50 bits per heavy atom. The highest BCUT2D eigenvalue weighted by Gasteiger charge is 2.22. The number of carbonyl (C=O) groups excluding carboxylic acids is 1. The summed E-state index contributed by atoms with van der Waals surface area (Å²) in [6.07, 6.45) is 4.81. The van der Waals surface area contributed by atoms with Gasteiger partial charge in [0.05, 0.1) is 23.1 Å². The van der Waals surface area contributed by atoms with Crippen LogP contribution in [0.3, 0.4) is 0 Å². The molecule has 0 unspecified atom stereocenters. The molecule has 0 saturated carbocycles. The summed E-state index contributed by atoms with van der Waals surface area (Å²) in [4.78, 5) is 33.6. The summed E-state index contributed by atoms with van der Waals surface area (Å²) in [5.74, 6) is -3.34. The van der Waals surface area contributed by atoms with E-state index in [2.05, 4.69) is 20.3 Å². The molecule has 1 amide bonds. The predicted octanol–water partition coefficient (Wildman–Crippen LogP) is 5.20. The van der Waals surface area contributed by atoms with Crippen molar-refractivity contribution in [3.05, 3.63) is 77.2 Å². The number of piperidine rings is 1. The third kappa shape index (κ3) is 5.85. The number of carboxylic acid groups (broad SMARTS) is 1. The summed E-state index contributed by atoms with van der Waals surface area (Å²) < 4.78 is 30.6. The second-order valence-corrected chi connectivity index (χ2v) is 10.3. The van der Waals surface area contributed by atoms with Crippen LogP contribution in [0.15, 0.2) is 48.7 Å². The Bertz CT molecular complexity index is 1560. The lowest BCUT2D eigenvalue weighted by Gasteiger charge is -2.26. The SMILES string of the molecule is CN(C)Cc1ccc(NC(=O)n2nc(C(=O)O)c3cc(-c4cc(CN5CCCCC5)cc(F)c4F)ccc32)cn1. The Morgan fingerprint density at radius 1 is 1.05 bits per heavy atom. The number of carbonyl (C=O) groups is 2. The summed E-state index contributed by atoms with van der Waals surface area (Å²) in [7, 11) is 3.84. The number of benzene rings is 2. The Hall–Kier alpha value is -4.22. The van der Waals surface area contributed by atoms with Gasteiger partial charge in [-0.25, -0.2) is 18.4 Å². The first-order chi connectivity index (χ1) is 19.2. The maximum atomic E-state index is 15.0. The van der Waals surface area contributed by atoms with Crippen molar-refractivity contribution in [2.45, 2.75) is 32.4 Å². The first kappa shape index (κ1) is 27.4. The molecule has 1 aliphatic heterocycles. The van der Waals surface area contributed by atoms with E-state index in [0.29, 0.717) is 24.3 Å². The van der Waals surface area contributed by atoms with Gasteiger partial charge in [0.25, 0.3) is 0 Å². The highest BCUT2D eigenvalue weighted by Crippen LogP contribution is 2.31. The smallest absolute Gasteiger partial charge is 0.357 e. The topological polar surface area (TPSA) is 104 Å². The number of fused-ring (bicyclic) bond motifs is 1. The molecule has 1 aliphatic rings. The Balaban J connectivity index is 1.47. The van der Waals surface area contributed by atoms with Crippen LogP contribution in [0, 0.1) is 11.6 Å². The number of amides is 1. The third-order valence-corrected chi connectivity index (χ3v) is 6.88. The number of nitrogens with zero attached hydrogens (tertiary/aromatic N) is 5. The van der Waals surface area contributed by atoms with E-state index < -0.39 is 23.6 Å². The zero-order chi connectivity index (χ0) is 28.4. The molecule has 0 bridgehead atoms. The Morgan fingerprint density at radius 2 is 1.82 bits per heavy atom. The van der Waals surface area contributed by atoms with E-state index in [1.165, 1.54) is 30.5 Å². The molecule has 2 aromatic carbocycles. The minimum Gasteiger partial charge on any atom is -0.476 e. The predicted molar refractivity (Wildman–Crippen MR) is 147 cm³/mol. The number of hydrogen-bond donors (Lipinski definition) is 2. The molecular weight excluding hydrogens is 518 g/mol. The highest BCUT2D eigenvalue weighted by atomic mass is 19.2. The molecule has 11 heteroatoms. The molecule has 5 rings (SSSR count). The van der Waals surface area contributed by atoms with Gasteiger partial charge < -0.3 is 15.3 Å². The van der Waals surface area contributed by atoms with E-state index in [4.69, 9.17) is 0 Å². The first-order valence-electron chi connectivity index (χ1n) is 13.1. The number of carboxylic acids is 1. The van der Waals surface area contributed by atoms with Gasteiger partial charge >= 0.3 is 12.0 Å². The number of aromatic nitrogens is 3. The van der Waals surface area contributed by atoms with E-state index in [-0.39, 0.29) is 27.7 Å². The molecule has 0 aliphatic carbocycles. The maximum absolute atomic E-state index is 15.0. The van der Waals surface area contributed by atoms with Crippen LogP contribution in [-0.4, -0.2) is 68.9 Å². The number of pyridine rings is 1. The molecule has 0 atom stereocenters. The van der Waals surface area contributed by atoms with Crippen molar-refractivity contribution in [1.82, 2.24) is 24.6 Å². The van der Waals surface area contributed by atoms with Crippen LogP contribution in [0.4, 0.5) is 19.3 Å². The summed E-state index contributed by atoms with van der Waals surface area (Å²) in [6, 6.07) is 10.0. The van der Waals surface area contributed by atoms with Crippen molar-refractivity contribution in [3.63, 3.8) is 0 Å². The van der Waals surface area contributed by atoms with Gasteiger partial charge in [0.2, 0.25) is 0 Å². The summed E-state index contributed by atoms with van der Waals surface area (Å²) in [5.41, 5.74) is 2.00. The van der Waals surface area contributed by atoms with Gasteiger partial charge in [0.15, 0.2) is 17.3 Å². The van der Waals surface area contributed by atoms with Gasteiger partial charge in [-0.05, 0) is 87.6 Å². The number of hydrogen-bond acceptors (Lipinski definition) is 6. The lowest BCUT2D eigenvalue weighted by molar-refractivity contribution is 0.0692. The fourth-order valence-electron chi connectivity index (χ4n) is 5.01. The number of nitrogens with one attached hydrogen (secondary N) is 1. The van der Waals surface area contributed by atoms with Crippen LogP contribution in [0.2, 0.25) is 0 Å². The van der Waals surface area contributed by atoms with E-state index >= 15 is 0 Å². The summed E-state index contributed by atoms with van der Waals surface area (Å²) >= 11 is 0. The van der Waals surface area contributed by atoms with Gasteiger partial charge in [-0.3, -0.25) is 9.88 Å². The van der Waals surface area contributed by atoms with E-state index in [1.54, 1.807) is 18.2 Å². The highest BCUT2D eigenvalue weighted by molar-refractivity contribution is 6.06. The van der Waals surface area contributed by atoms with E-state index in [0.717, 1.165) is 42.7 Å². The Kier molecular flexibility index (Phi) is 7.85. The molecule has 4 aromatic rings. The van der Waals surface area contributed by atoms with Gasteiger partial charge in [-0.15, -0.1) is 0 Å². The quantitative estimate of drug-likeness (QED) is 0.327. The zero-order valence-corrected chi connectivity index (χ0v) is 22.3. The van der Waals surface area contributed by atoms with Gasteiger partial charge in [0.1, 0.15) is 0 Å². The molecular formula is C29H30F2N6O3. The van der Waals surface area contributed by atoms with E-state index in [1.807, 2.05) is 19.0 Å². The maximum Gasteiger partial charge on any atom is 0.357 e. The lowest BCUT2D eigenvalue weighted by atomic mass is 9.99. The molecule has 2 N–H and O–H groups in total. The Labute approximate surface area is 230 Å². The number of rotatable bonds is 7. The number of halogens is 2. The standard InChI is InChI=1S/C29H30F2N6O3/c1-35(2)17-21-8-7-20(15-32-21)33-29(40)37-25-9-6-19(14-23(25)27(34-37)28(38)39)22-12-18(13-24(30)26(22)31)16-36-10-4-3-5-11-36/h6-9,12-15H,3-5,10-11,16-17H2,1-2H3,(H,33,40)(H,38,39). The van der Waals surface area contributed by atoms with Crippen molar-refractivity contribution in [2.75, 3.05) is 32.5 Å². The van der Waals surface area contributed by atoms with Gasteiger partial charge in [-0.2, -0.15) is 9.78 Å². The molecule has 40 heavy (non-hydrogen) atoms. The molecule has 1 fully saturated rings. The summed E-state index contributed by atoms with van der Waals surface area (Å²) in [5, 5.41) is 16.6. The molecule has 9 nitrogen and oxygen atoms in total. The fraction of sp³-hybridized carbons (Fsp3) is 0.310. The van der Waals surface area contributed by atoms with Gasteiger partial charge in [0, 0.05) is 24.0 Å². The van der Waals surface area contributed by atoms with Crippen LogP contribution in [0.25, 0.3) is 22.0 Å². The zero-order valence-electron chi connectivity index (χ0n) is 22.3. The van der Waals surface area contributed by atoms with Gasteiger partial charge in [-0.1, -0.05) is 12.5 Å². The minimum absolute atomic E-state index is 0.0198. The second kappa shape index (κ2) is 11.5. The molecule has 3 heterocycles. The minimum atomic E-state index is -1.35. The van der Waals surface area contributed by atoms with Crippen LogP contribution >= 0.6 is 0 Å². The molecule has 0 spiro atoms. The second-order valence-electron chi connectivity index (χ2n) is 10.3. The largest absolute Gasteiger partial charge is 0.476 e. The van der Waals surface area contributed by atoms with E-state index in [9.17, 15) is 23.5 Å². The average molecular weight is 549 g/mol. The van der Waals surface area contributed by atoms with Crippen LogP contribution in [0.1, 0.15) is 41.0 Å². The summed E-state index contributed by atoms with van der Waals surface area (Å²) in [6.45, 7) is 2.93. The van der Waals surface area contributed by atoms with Crippen molar-refractivity contribution in [2.24, 2.45) is 0 Å².